The molecule has 1 heterocycles. The Bertz CT molecular complexity index is 2310. The summed E-state index contributed by atoms with van der Waals surface area (Å²) in [5.41, 5.74) is -14.6. The van der Waals surface area contributed by atoms with Gasteiger partial charge in [-0.1, -0.05) is 183 Å². The van der Waals surface area contributed by atoms with Crippen LogP contribution in [0.3, 0.4) is 0 Å². The van der Waals surface area contributed by atoms with E-state index < -0.39 is 136 Å². The highest BCUT2D eigenvalue weighted by molar-refractivity contribution is 7.87. The van der Waals surface area contributed by atoms with Gasteiger partial charge in [-0.2, -0.15) is 17.2 Å². The van der Waals surface area contributed by atoms with Gasteiger partial charge in [0.1, 0.15) is 19.8 Å². The molecule has 5 unspecified atom stereocenters. The summed E-state index contributed by atoms with van der Waals surface area (Å²) in [7, 11) is -6.16. The van der Waals surface area contributed by atoms with Gasteiger partial charge in [-0.05, 0) is 83.5 Å². The molecule has 2 rings (SSSR count). The SMILES string of the molecule is CC.CC.CCCOC(=O)C(C)(C(C)(C)C(C)(C)C(C)(C(=O)OC1CCOC1=O)C(C)(C)C)C(C)(C)C(C)(C)C(C)(C(=O)OCc1ccccc1)C(C)(C)C(C)(C)C(C)(C(=O)OCCOC(=O)C(F)(F)S(=O)(=O)O)C(C)C. The van der Waals surface area contributed by atoms with Gasteiger partial charge in [0.05, 0.1) is 34.9 Å². The number of ether oxygens (including phenoxy) is 6. The summed E-state index contributed by atoms with van der Waals surface area (Å²) in [5.74, 6) is -6.58. The van der Waals surface area contributed by atoms with E-state index in [0.29, 0.717) is 12.0 Å². The fourth-order valence-corrected chi connectivity index (χ4v) is 12.0. The van der Waals surface area contributed by atoms with Crippen molar-refractivity contribution in [3.05, 3.63) is 35.9 Å². The standard InChI is InChI=1S/C55H88F2O15S.2C2H6/c1-23-30-68-40(60)53(21,48(13,14)47(11,12)52(20,44(4,5)6)42(62)72-37-29-31-67-38(37)58)49(15,16)50(17,18)54(22,41(61)71-34-36-27-25-24-26-28-36)46(9,10)45(7,8)51(19,35(2)3)39(59)69-32-33-70-43(63)55(56,57)73(64,65)66;2*1-2/h24-28,35,37H,23,29-34H2,1-22H3,(H,64,65,66);2*1-2H3. The predicted molar refractivity (Wildman–Crippen MR) is 293 cm³/mol. The molecule has 1 aromatic carbocycles. The van der Waals surface area contributed by atoms with Crippen molar-refractivity contribution >= 4 is 45.9 Å². The van der Waals surface area contributed by atoms with Crippen LogP contribution in [0.5, 0.6) is 0 Å². The average Bonchev–Trinajstić information content (AvgIpc) is 3.75. The number of esters is 6. The zero-order valence-corrected chi connectivity index (χ0v) is 52.6. The molecule has 0 spiro atoms. The van der Waals surface area contributed by atoms with Crippen molar-refractivity contribution in [2.45, 2.75) is 211 Å². The largest absolute Gasteiger partial charge is 0.465 e. The van der Waals surface area contributed by atoms with E-state index in [1.165, 1.54) is 0 Å². The summed E-state index contributed by atoms with van der Waals surface area (Å²) in [6.45, 7) is 46.8. The lowest BCUT2D eigenvalue weighted by Crippen LogP contribution is -2.72. The fraction of sp³-hybridized carbons (Fsp3) is 0.797. The third-order valence-corrected chi connectivity index (χ3v) is 21.3. The predicted octanol–water partition coefficient (Wildman–Crippen LogP) is 13.0. The van der Waals surface area contributed by atoms with Gasteiger partial charge in [0, 0.05) is 6.42 Å². The number of hydrogen-bond acceptors (Lipinski definition) is 14. The third-order valence-electron chi connectivity index (χ3n) is 20.4. The number of carbonyl (C=O) groups is 6. The Labute approximate surface area is 461 Å². The summed E-state index contributed by atoms with van der Waals surface area (Å²) < 4.78 is 93.0. The summed E-state index contributed by atoms with van der Waals surface area (Å²) in [5, 5.41) is -5.27. The summed E-state index contributed by atoms with van der Waals surface area (Å²) in [6.07, 6.45) is -0.450. The quantitative estimate of drug-likeness (QED) is 0.0441. The fourth-order valence-electron chi connectivity index (χ4n) is 11.7. The molecule has 77 heavy (non-hydrogen) atoms. The molecule has 1 aliphatic rings. The lowest BCUT2D eigenvalue weighted by molar-refractivity contribution is -0.261. The van der Waals surface area contributed by atoms with Gasteiger partial charge in [-0.25, -0.2) is 9.59 Å². The molecular weight excluding hydrogens is 1020 g/mol. The van der Waals surface area contributed by atoms with Gasteiger partial charge in [0.25, 0.3) is 0 Å². The molecular formula is C59H100F2O15S. The van der Waals surface area contributed by atoms with E-state index in [4.69, 9.17) is 28.2 Å². The second-order valence-corrected chi connectivity index (χ2v) is 26.5. The minimum Gasteiger partial charge on any atom is -0.465 e. The number of hydrogen-bond donors (Lipinski definition) is 1. The first-order chi connectivity index (χ1) is 34.6. The first-order valence-corrected chi connectivity index (χ1v) is 28.5. The molecule has 446 valence electrons. The molecule has 15 nitrogen and oxygen atoms in total. The van der Waals surface area contributed by atoms with Crippen LogP contribution in [0.25, 0.3) is 0 Å². The Morgan fingerprint density at radius 2 is 0.961 bits per heavy atom. The van der Waals surface area contributed by atoms with Gasteiger partial charge < -0.3 is 28.4 Å². The molecule has 0 aliphatic carbocycles. The third kappa shape index (κ3) is 12.3. The van der Waals surface area contributed by atoms with Crippen LogP contribution in [0.4, 0.5) is 8.78 Å². The molecule has 0 bridgehead atoms. The number of halogens is 2. The van der Waals surface area contributed by atoms with E-state index in [2.05, 4.69) is 4.74 Å². The molecule has 1 saturated heterocycles. The van der Waals surface area contributed by atoms with E-state index in [1.807, 2.05) is 131 Å². The Morgan fingerprint density at radius 1 is 0.584 bits per heavy atom. The molecule has 1 N–H and O–H groups in total. The first-order valence-electron chi connectivity index (χ1n) is 27.1. The zero-order valence-electron chi connectivity index (χ0n) is 51.8. The average molecular weight is 1120 g/mol. The van der Waals surface area contributed by atoms with Crippen LogP contribution in [0, 0.1) is 65.5 Å². The highest BCUT2D eigenvalue weighted by Gasteiger charge is 2.77. The molecule has 0 aromatic heterocycles. The van der Waals surface area contributed by atoms with Crippen LogP contribution in [0.1, 0.15) is 198 Å². The number of cyclic esters (lactones) is 1. The number of alkyl halides is 2. The van der Waals surface area contributed by atoms with Gasteiger partial charge in [-0.15, -0.1) is 0 Å². The zero-order chi connectivity index (χ0) is 61.4. The van der Waals surface area contributed by atoms with E-state index in [0.717, 1.165) is 0 Å². The van der Waals surface area contributed by atoms with Crippen LogP contribution in [0.2, 0.25) is 0 Å². The van der Waals surface area contributed by atoms with E-state index in [1.54, 1.807) is 79.7 Å². The highest BCUT2D eigenvalue weighted by Crippen LogP contribution is 2.76. The van der Waals surface area contributed by atoms with E-state index in [9.17, 15) is 36.4 Å². The highest BCUT2D eigenvalue weighted by atomic mass is 32.2. The minimum atomic E-state index is -6.16. The van der Waals surface area contributed by atoms with Crippen molar-refractivity contribution in [1.82, 2.24) is 0 Å². The van der Waals surface area contributed by atoms with Crippen molar-refractivity contribution in [1.29, 1.82) is 0 Å². The number of rotatable bonds is 24. The van der Waals surface area contributed by atoms with E-state index in [-0.39, 0.29) is 26.2 Å². The maximum absolute atomic E-state index is 15.9. The van der Waals surface area contributed by atoms with Crippen LogP contribution in [-0.4, -0.2) is 86.6 Å². The topological polar surface area (TPSA) is 212 Å². The molecule has 0 amide bonds. The Balaban J connectivity index is 0.0000141. The van der Waals surface area contributed by atoms with Gasteiger partial charge in [0.2, 0.25) is 6.10 Å². The molecule has 0 radical (unpaired) electrons. The molecule has 1 fully saturated rings. The van der Waals surface area contributed by atoms with Crippen molar-refractivity contribution in [2.24, 2.45) is 65.5 Å². The van der Waals surface area contributed by atoms with Crippen molar-refractivity contribution in [2.75, 3.05) is 26.4 Å². The Hall–Kier alpha value is -4.19. The second-order valence-electron chi connectivity index (χ2n) is 25.0. The summed E-state index contributed by atoms with van der Waals surface area (Å²) in [4.78, 5) is 85.9. The van der Waals surface area contributed by atoms with Crippen LogP contribution in [0.15, 0.2) is 30.3 Å². The van der Waals surface area contributed by atoms with E-state index >= 15 is 9.59 Å². The smallest absolute Gasteiger partial charge is 0.465 e. The molecule has 1 aromatic rings. The molecule has 0 saturated carbocycles. The molecule has 18 heteroatoms. The molecule has 1 aliphatic heterocycles. The second kappa shape index (κ2) is 25.5. The summed E-state index contributed by atoms with van der Waals surface area (Å²) >= 11 is 0. The number of benzene rings is 1. The Kier molecular flexibility index (Phi) is 24.1. The Morgan fingerprint density at radius 3 is 1.32 bits per heavy atom. The monoisotopic (exact) mass is 1120 g/mol. The van der Waals surface area contributed by atoms with Crippen LogP contribution < -0.4 is 0 Å². The van der Waals surface area contributed by atoms with Crippen molar-refractivity contribution in [3.63, 3.8) is 0 Å². The van der Waals surface area contributed by atoms with Gasteiger partial charge >= 0.3 is 51.2 Å². The maximum Gasteiger partial charge on any atom is 0.465 e. The van der Waals surface area contributed by atoms with Gasteiger partial charge in [-0.3, -0.25) is 23.7 Å². The van der Waals surface area contributed by atoms with Gasteiger partial charge in [0.15, 0.2) is 0 Å². The molecule has 5 atom stereocenters. The van der Waals surface area contributed by atoms with Crippen LogP contribution >= 0.6 is 0 Å². The normalized spacial score (nSPS) is 18.2. The summed E-state index contributed by atoms with van der Waals surface area (Å²) in [6, 6.07) is 9.05. The minimum absolute atomic E-state index is 0.0513. The lowest BCUT2D eigenvalue weighted by Gasteiger charge is -2.70. The number of carbonyl (C=O) groups excluding carboxylic acids is 6. The maximum atomic E-state index is 15.9. The lowest BCUT2D eigenvalue weighted by atomic mass is 9.31. The van der Waals surface area contributed by atoms with Crippen molar-refractivity contribution in [3.8, 4) is 0 Å². The van der Waals surface area contributed by atoms with Crippen molar-refractivity contribution < 1.29 is 78.9 Å². The van der Waals surface area contributed by atoms with Crippen LogP contribution in [-0.2, 0) is 73.9 Å². The first kappa shape index (κ1) is 72.8.